The summed E-state index contributed by atoms with van der Waals surface area (Å²) in [4.78, 5) is 23.4. The molecule has 2 aromatic rings. The van der Waals surface area contributed by atoms with Crippen LogP contribution < -0.4 is 5.32 Å². The van der Waals surface area contributed by atoms with Gasteiger partial charge in [0.15, 0.2) is 0 Å². The zero-order valence-electron chi connectivity index (χ0n) is 13.8. The van der Waals surface area contributed by atoms with E-state index < -0.39 is 17.3 Å². The van der Waals surface area contributed by atoms with E-state index in [1.165, 1.54) is 0 Å². The van der Waals surface area contributed by atoms with Crippen LogP contribution in [0.15, 0.2) is 42.5 Å². The second kappa shape index (κ2) is 6.82. The summed E-state index contributed by atoms with van der Waals surface area (Å²) in [5, 5.41) is 14.4. The maximum atomic E-state index is 11.9. The predicted octanol–water partition coefficient (Wildman–Crippen LogP) is 3.25. The van der Waals surface area contributed by atoms with E-state index in [0.717, 1.165) is 16.3 Å². The highest BCUT2D eigenvalue weighted by Crippen LogP contribution is 2.18. The van der Waals surface area contributed by atoms with Gasteiger partial charge >= 0.3 is 5.97 Å². The number of hydrogen-bond acceptors (Lipinski definition) is 2. The van der Waals surface area contributed by atoms with Crippen molar-refractivity contribution in [3.05, 3.63) is 48.0 Å². The topological polar surface area (TPSA) is 66.4 Å². The van der Waals surface area contributed by atoms with Crippen molar-refractivity contribution in [1.82, 2.24) is 5.32 Å². The van der Waals surface area contributed by atoms with Crippen molar-refractivity contribution < 1.29 is 14.7 Å². The minimum atomic E-state index is -0.896. The molecule has 0 aliphatic heterocycles. The Kier molecular flexibility index (Phi) is 5.04. The first-order valence-electron chi connectivity index (χ1n) is 7.76. The molecule has 1 atom stereocenters. The molecule has 2 N–H and O–H groups in total. The maximum Gasteiger partial charge on any atom is 0.308 e. The van der Waals surface area contributed by atoms with Gasteiger partial charge in [-0.3, -0.25) is 9.59 Å². The lowest BCUT2D eigenvalue weighted by Crippen LogP contribution is -2.40. The summed E-state index contributed by atoms with van der Waals surface area (Å²) >= 11 is 0. The average Bonchev–Trinajstić information content (AvgIpc) is 2.49. The molecule has 122 valence electrons. The second-order valence-corrected chi connectivity index (χ2v) is 6.88. The van der Waals surface area contributed by atoms with Crippen LogP contribution in [-0.4, -0.2) is 23.5 Å². The number of carboxylic acids is 1. The minimum absolute atomic E-state index is 0.137. The maximum absolute atomic E-state index is 11.9. The number of hydrogen-bond donors (Lipinski definition) is 2. The number of aliphatic carboxylic acids is 1. The molecule has 1 amide bonds. The van der Waals surface area contributed by atoms with Gasteiger partial charge in [0.1, 0.15) is 0 Å². The fraction of sp³-hybridized carbons (Fsp3) is 0.368. The van der Waals surface area contributed by atoms with E-state index in [1.807, 2.05) is 42.5 Å². The van der Waals surface area contributed by atoms with Gasteiger partial charge in [-0.15, -0.1) is 0 Å². The SMILES string of the molecule is CC(C)(C)C(=O)NCC(Cc1ccc2ccccc2c1)C(=O)O. The Hall–Kier alpha value is -2.36. The summed E-state index contributed by atoms with van der Waals surface area (Å²) in [7, 11) is 0. The molecule has 23 heavy (non-hydrogen) atoms. The number of carbonyl (C=O) groups is 2. The van der Waals surface area contributed by atoms with Crippen LogP contribution in [-0.2, 0) is 16.0 Å². The van der Waals surface area contributed by atoms with Crippen LogP contribution in [0.4, 0.5) is 0 Å². The van der Waals surface area contributed by atoms with Crippen LogP contribution in [0.1, 0.15) is 26.3 Å². The standard InChI is InChI=1S/C19H23NO3/c1-19(2,3)18(23)20-12-16(17(21)22)11-13-8-9-14-6-4-5-7-15(14)10-13/h4-10,16H,11-12H2,1-3H3,(H,20,23)(H,21,22). The first kappa shape index (κ1) is 17.0. The zero-order valence-corrected chi connectivity index (χ0v) is 13.8. The molecule has 0 aliphatic rings. The van der Waals surface area contributed by atoms with E-state index in [-0.39, 0.29) is 12.5 Å². The highest BCUT2D eigenvalue weighted by atomic mass is 16.4. The molecule has 0 aliphatic carbocycles. The van der Waals surface area contributed by atoms with Gasteiger partial charge in [-0.05, 0) is 22.8 Å². The lowest BCUT2D eigenvalue weighted by molar-refractivity contribution is -0.141. The van der Waals surface area contributed by atoms with Crippen molar-refractivity contribution in [1.29, 1.82) is 0 Å². The summed E-state index contributed by atoms with van der Waals surface area (Å²) < 4.78 is 0. The molecule has 1 unspecified atom stereocenters. The molecule has 0 saturated heterocycles. The predicted molar refractivity (Wildman–Crippen MR) is 91.2 cm³/mol. The van der Waals surface area contributed by atoms with Crippen LogP contribution in [0.2, 0.25) is 0 Å². The van der Waals surface area contributed by atoms with E-state index in [1.54, 1.807) is 20.8 Å². The van der Waals surface area contributed by atoms with Gasteiger partial charge in [-0.2, -0.15) is 0 Å². The molecule has 2 rings (SSSR count). The minimum Gasteiger partial charge on any atom is -0.481 e. The Bertz CT molecular complexity index is 716. The lowest BCUT2D eigenvalue weighted by Gasteiger charge is -2.20. The molecule has 0 aromatic heterocycles. The molecule has 0 radical (unpaired) electrons. The number of benzene rings is 2. The molecule has 4 heteroatoms. The monoisotopic (exact) mass is 313 g/mol. The van der Waals surface area contributed by atoms with E-state index in [0.29, 0.717) is 6.42 Å². The molecule has 4 nitrogen and oxygen atoms in total. The summed E-state index contributed by atoms with van der Waals surface area (Å²) in [6.45, 7) is 5.56. The molecule has 0 saturated carbocycles. The first-order chi connectivity index (χ1) is 10.8. The third kappa shape index (κ3) is 4.55. The fourth-order valence-electron chi connectivity index (χ4n) is 2.38. The lowest BCUT2D eigenvalue weighted by atomic mass is 9.94. The largest absolute Gasteiger partial charge is 0.481 e. The Balaban J connectivity index is 2.09. The smallest absolute Gasteiger partial charge is 0.308 e. The Labute approximate surface area is 136 Å². The fourth-order valence-corrected chi connectivity index (χ4v) is 2.38. The Morgan fingerprint density at radius 1 is 1.09 bits per heavy atom. The number of nitrogens with one attached hydrogen (secondary N) is 1. The summed E-state index contributed by atoms with van der Waals surface area (Å²) in [5.74, 6) is -1.67. The average molecular weight is 313 g/mol. The first-order valence-corrected chi connectivity index (χ1v) is 7.76. The number of rotatable bonds is 5. The number of carboxylic acid groups (broad SMARTS) is 1. The quantitative estimate of drug-likeness (QED) is 0.890. The normalized spacial score (nSPS) is 12.8. The molecule has 0 heterocycles. The number of carbonyl (C=O) groups excluding carboxylic acids is 1. The molecular formula is C19H23NO3. The second-order valence-electron chi connectivity index (χ2n) is 6.88. The van der Waals surface area contributed by atoms with Crippen LogP contribution >= 0.6 is 0 Å². The highest BCUT2D eigenvalue weighted by Gasteiger charge is 2.24. The van der Waals surface area contributed by atoms with Gasteiger partial charge in [0.2, 0.25) is 5.91 Å². The van der Waals surface area contributed by atoms with Crippen molar-refractivity contribution in [2.45, 2.75) is 27.2 Å². The van der Waals surface area contributed by atoms with E-state index in [4.69, 9.17) is 0 Å². The van der Waals surface area contributed by atoms with Gasteiger partial charge in [-0.25, -0.2) is 0 Å². The van der Waals surface area contributed by atoms with Crippen molar-refractivity contribution in [2.24, 2.45) is 11.3 Å². The van der Waals surface area contributed by atoms with Gasteiger partial charge in [0.05, 0.1) is 5.92 Å². The van der Waals surface area contributed by atoms with Gasteiger partial charge in [-0.1, -0.05) is 63.2 Å². The third-order valence-corrected chi connectivity index (χ3v) is 3.84. The van der Waals surface area contributed by atoms with Crippen molar-refractivity contribution in [3.8, 4) is 0 Å². The van der Waals surface area contributed by atoms with Crippen molar-refractivity contribution in [3.63, 3.8) is 0 Å². The Morgan fingerprint density at radius 2 is 1.74 bits per heavy atom. The van der Waals surface area contributed by atoms with Crippen LogP contribution in [0.5, 0.6) is 0 Å². The molecule has 0 spiro atoms. The van der Waals surface area contributed by atoms with Crippen LogP contribution in [0, 0.1) is 11.3 Å². The number of amides is 1. The molecular weight excluding hydrogens is 290 g/mol. The highest BCUT2D eigenvalue weighted by molar-refractivity contribution is 5.83. The van der Waals surface area contributed by atoms with E-state index in [2.05, 4.69) is 5.32 Å². The third-order valence-electron chi connectivity index (χ3n) is 3.84. The van der Waals surface area contributed by atoms with Crippen LogP contribution in [0.3, 0.4) is 0 Å². The van der Waals surface area contributed by atoms with Gasteiger partial charge in [0.25, 0.3) is 0 Å². The number of fused-ring (bicyclic) bond motifs is 1. The van der Waals surface area contributed by atoms with Crippen molar-refractivity contribution >= 4 is 22.6 Å². The van der Waals surface area contributed by atoms with Crippen LogP contribution in [0.25, 0.3) is 10.8 Å². The molecule has 0 bridgehead atoms. The summed E-state index contributed by atoms with van der Waals surface area (Å²) in [5.41, 5.74) is 0.438. The molecule has 2 aromatic carbocycles. The van der Waals surface area contributed by atoms with E-state index >= 15 is 0 Å². The van der Waals surface area contributed by atoms with Crippen molar-refractivity contribution in [2.75, 3.05) is 6.54 Å². The zero-order chi connectivity index (χ0) is 17.0. The van der Waals surface area contributed by atoms with Gasteiger partial charge < -0.3 is 10.4 Å². The summed E-state index contributed by atoms with van der Waals surface area (Å²) in [6, 6.07) is 13.9. The Morgan fingerprint density at radius 3 is 2.35 bits per heavy atom. The van der Waals surface area contributed by atoms with E-state index in [9.17, 15) is 14.7 Å². The summed E-state index contributed by atoms with van der Waals surface area (Å²) in [6.07, 6.45) is 0.393. The molecule has 0 fully saturated rings. The van der Waals surface area contributed by atoms with Gasteiger partial charge in [0, 0.05) is 12.0 Å².